The van der Waals surface area contributed by atoms with Gasteiger partial charge in [-0.05, 0) is 30.2 Å². The van der Waals surface area contributed by atoms with Crippen LogP contribution >= 0.6 is 0 Å². The molecule has 2 aromatic carbocycles. The van der Waals surface area contributed by atoms with Crippen LogP contribution in [0.2, 0.25) is 0 Å². The topological polar surface area (TPSA) is 45.2 Å². The van der Waals surface area contributed by atoms with Crippen molar-refractivity contribution in [3.63, 3.8) is 0 Å². The van der Waals surface area contributed by atoms with E-state index in [9.17, 15) is 9.50 Å². The molecule has 0 bridgehead atoms. The molecule has 28 heavy (non-hydrogen) atoms. The van der Waals surface area contributed by atoms with E-state index in [1.807, 2.05) is 30.3 Å². The summed E-state index contributed by atoms with van der Waals surface area (Å²) in [6, 6.07) is 13.0. The Balaban J connectivity index is 1.68. The van der Waals surface area contributed by atoms with Gasteiger partial charge in [-0.25, -0.2) is 4.39 Å². The Morgan fingerprint density at radius 1 is 1.04 bits per heavy atom. The molecule has 1 heterocycles. The van der Waals surface area contributed by atoms with Crippen LogP contribution in [0, 0.1) is 5.82 Å². The van der Waals surface area contributed by atoms with Crippen molar-refractivity contribution in [2.75, 3.05) is 40.5 Å². The normalized spacial score (nSPS) is 18.2. The number of benzene rings is 2. The van der Waals surface area contributed by atoms with E-state index in [0.717, 1.165) is 48.8 Å². The number of nitrogens with zero attached hydrogens (tertiary/aromatic N) is 2. The fourth-order valence-electron chi connectivity index (χ4n) is 3.79. The summed E-state index contributed by atoms with van der Waals surface area (Å²) in [5.74, 6) is 1.38. The minimum absolute atomic E-state index is 0.135. The Morgan fingerprint density at radius 3 is 2.39 bits per heavy atom. The van der Waals surface area contributed by atoms with Gasteiger partial charge in [0.05, 0.1) is 14.2 Å². The largest absolute Gasteiger partial charge is 0.497 e. The van der Waals surface area contributed by atoms with Crippen LogP contribution in [0.4, 0.5) is 4.39 Å². The monoisotopic (exact) mass is 388 g/mol. The molecule has 0 aliphatic carbocycles. The molecule has 2 aromatic rings. The van der Waals surface area contributed by atoms with Crippen LogP contribution < -0.4 is 9.47 Å². The van der Waals surface area contributed by atoms with Gasteiger partial charge in [0, 0.05) is 57.0 Å². The summed E-state index contributed by atoms with van der Waals surface area (Å²) in [5, 5.41) is 9.54. The van der Waals surface area contributed by atoms with Crippen molar-refractivity contribution >= 4 is 0 Å². The number of ether oxygens (including phenoxy) is 2. The van der Waals surface area contributed by atoms with E-state index in [4.69, 9.17) is 9.47 Å². The second-order valence-corrected chi connectivity index (χ2v) is 7.18. The maximum absolute atomic E-state index is 14.0. The van der Waals surface area contributed by atoms with E-state index < -0.39 is 0 Å². The quantitative estimate of drug-likeness (QED) is 0.753. The number of halogens is 1. The van der Waals surface area contributed by atoms with Gasteiger partial charge < -0.3 is 14.6 Å². The number of aliphatic hydroxyl groups is 1. The van der Waals surface area contributed by atoms with Crippen molar-refractivity contribution < 1.29 is 19.0 Å². The molecule has 0 saturated carbocycles. The highest BCUT2D eigenvalue weighted by Crippen LogP contribution is 2.25. The minimum atomic E-state index is -0.160. The third kappa shape index (κ3) is 5.22. The lowest BCUT2D eigenvalue weighted by Crippen LogP contribution is -2.52. The highest BCUT2D eigenvalue weighted by Gasteiger charge is 2.27. The first-order valence-electron chi connectivity index (χ1n) is 9.65. The van der Waals surface area contributed by atoms with Gasteiger partial charge in [0.2, 0.25) is 0 Å². The highest BCUT2D eigenvalue weighted by atomic mass is 19.1. The highest BCUT2D eigenvalue weighted by molar-refractivity contribution is 5.38. The number of piperazine rings is 1. The Morgan fingerprint density at radius 2 is 1.75 bits per heavy atom. The molecule has 5 nitrogen and oxygen atoms in total. The van der Waals surface area contributed by atoms with E-state index in [0.29, 0.717) is 13.0 Å². The average Bonchev–Trinajstić information content (AvgIpc) is 2.71. The summed E-state index contributed by atoms with van der Waals surface area (Å²) in [5.41, 5.74) is 1.83. The minimum Gasteiger partial charge on any atom is -0.497 e. The van der Waals surface area contributed by atoms with Crippen LogP contribution in [-0.4, -0.2) is 61.4 Å². The van der Waals surface area contributed by atoms with Crippen molar-refractivity contribution in [3.05, 3.63) is 59.4 Å². The standard InChI is InChI=1S/C22H29FN2O3/c1-27-20-11-17(12-21(13-20)28-2)14-25-9-8-24(16-19(25)7-10-26)15-18-5-3-4-6-22(18)23/h3-6,11-13,19,26H,7-10,14-16H2,1-2H3/t19-/m1/s1. The second-order valence-electron chi connectivity index (χ2n) is 7.18. The Kier molecular flexibility index (Phi) is 7.25. The van der Waals surface area contributed by atoms with Gasteiger partial charge in [0.15, 0.2) is 0 Å². The van der Waals surface area contributed by atoms with Crippen LogP contribution in [0.5, 0.6) is 11.5 Å². The number of hydrogen-bond acceptors (Lipinski definition) is 5. The third-order valence-electron chi connectivity index (χ3n) is 5.30. The molecule has 1 N–H and O–H groups in total. The third-order valence-corrected chi connectivity index (χ3v) is 5.30. The molecule has 1 aliphatic rings. The lowest BCUT2D eigenvalue weighted by molar-refractivity contribution is 0.0494. The van der Waals surface area contributed by atoms with Crippen LogP contribution in [0.3, 0.4) is 0 Å². The van der Waals surface area contributed by atoms with Crippen molar-refractivity contribution in [3.8, 4) is 11.5 Å². The molecular weight excluding hydrogens is 359 g/mol. The number of rotatable bonds is 8. The zero-order valence-electron chi connectivity index (χ0n) is 16.6. The molecule has 152 valence electrons. The molecule has 0 unspecified atom stereocenters. The Hall–Kier alpha value is -2.15. The smallest absolute Gasteiger partial charge is 0.127 e. The van der Waals surface area contributed by atoms with E-state index in [-0.39, 0.29) is 18.5 Å². The van der Waals surface area contributed by atoms with Gasteiger partial charge in [-0.3, -0.25) is 9.80 Å². The molecule has 0 radical (unpaired) electrons. The maximum Gasteiger partial charge on any atom is 0.127 e. The molecule has 1 saturated heterocycles. The number of aliphatic hydroxyl groups excluding tert-OH is 1. The lowest BCUT2D eigenvalue weighted by Gasteiger charge is -2.41. The van der Waals surface area contributed by atoms with E-state index >= 15 is 0 Å². The predicted octanol–water partition coefficient (Wildman–Crippen LogP) is 2.91. The van der Waals surface area contributed by atoms with Crippen molar-refractivity contribution in [2.24, 2.45) is 0 Å². The fourth-order valence-corrected chi connectivity index (χ4v) is 3.79. The summed E-state index contributed by atoms with van der Waals surface area (Å²) < 4.78 is 24.7. The molecule has 1 fully saturated rings. The molecular formula is C22H29FN2O3. The summed E-state index contributed by atoms with van der Waals surface area (Å²) in [7, 11) is 3.29. The van der Waals surface area contributed by atoms with Crippen molar-refractivity contribution in [1.82, 2.24) is 9.80 Å². The number of hydrogen-bond donors (Lipinski definition) is 1. The first-order valence-corrected chi connectivity index (χ1v) is 9.65. The molecule has 0 spiro atoms. The predicted molar refractivity (Wildman–Crippen MR) is 107 cm³/mol. The van der Waals surface area contributed by atoms with Gasteiger partial charge in [-0.1, -0.05) is 18.2 Å². The van der Waals surface area contributed by atoms with E-state index in [1.54, 1.807) is 20.3 Å². The van der Waals surface area contributed by atoms with E-state index in [1.165, 1.54) is 6.07 Å². The van der Waals surface area contributed by atoms with Crippen LogP contribution in [0.1, 0.15) is 17.5 Å². The molecule has 0 aromatic heterocycles. The first kappa shape index (κ1) is 20.6. The SMILES string of the molecule is COc1cc(CN2CCN(Cc3ccccc3F)C[C@H]2CCO)cc(OC)c1. The van der Waals surface area contributed by atoms with Crippen molar-refractivity contribution in [1.29, 1.82) is 0 Å². The Bertz CT molecular complexity index is 749. The lowest BCUT2D eigenvalue weighted by atomic mass is 10.1. The Labute approximate surface area is 166 Å². The second kappa shape index (κ2) is 9.87. The summed E-state index contributed by atoms with van der Waals surface area (Å²) in [6.07, 6.45) is 0.689. The van der Waals surface area contributed by atoms with Gasteiger partial charge >= 0.3 is 0 Å². The average molecular weight is 388 g/mol. The van der Waals surface area contributed by atoms with E-state index in [2.05, 4.69) is 9.80 Å². The summed E-state index contributed by atoms with van der Waals surface area (Å²) in [4.78, 5) is 4.64. The maximum atomic E-state index is 14.0. The van der Waals surface area contributed by atoms with Gasteiger partial charge in [0.25, 0.3) is 0 Å². The van der Waals surface area contributed by atoms with Crippen LogP contribution in [0.25, 0.3) is 0 Å². The zero-order valence-corrected chi connectivity index (χ0v) is 16.6. The first-order chi connectivity index (χ1) is 13.6. The molecule has 6 heteroatoms. The zero-order chi connectivity index (χ0) is 19.9. The van der Waals surface area contributed by atoms with Gasteiger partial charge in [0.1, 0.15) is 17.3 Å². The van der Waals surface area contributed by atoms with Crippen LogP contribution in [-0.2, 0) is 13.1 Å². The molecule has 1 aliphatic heterocycles. The fraction of sp³-hybridized carbons (Fsp3) is 0.455. The van der Waals surface area contributed by atoms with Gasteiger partial charge in [-0.15, -0.1) is 0 Å². The van der Waals surface area contributed by atoms with Crippen LogP contribution in [0.15, 0.2) is 42.5 Å². The van der Waals surface area contributed by atoms with Crippen molar-refractivity contribution in [2.45, 2.75) is 25.6 Å². The summed E-state index contributed by atoms with van der Waals surface area (Å²) >= 11 is 0. The molecule has 0 amide bonds. The molecule has 1 atom stereocenters. The summed E-state index contributed by atoms with van der Waals surface area (Å²) in [6.45, 7) is 4.00. The number of methoxy groups -OCH3 is 2. The molecule has 3 rings (SSSR count). The van der Waals surface area contributed by atoms with Gasteiger partial charge in [-0.2, -0.15) is 0 Å².